The van der Waals surface area contributed by atoms with E-state index in [2.05, 4.69) is 17.1 Å². The van der Waals surface area contributed by atoms with Crippen molar-refractivity contribution in [1.82, 2.24) is 24.5 Å². The zero-order valence-electron chi connectivity index (χ0n) is 12.9. The van der Waals surface area contributed by atoms with Crippen LogP contribution in [0.15, 0.2) is 18.6 Å². The second-order valence-corrected chi connectivity index (χ2v) is 5.11. The van der Waals surface area contributed by atoms with Crippen molar-refractivity contribution in [3.8, 4) is 0 Å². The molecule has 22 heavy (non-hydrogen) atoms. The molecule has 0 atom stereocenters. The number of nitrogens with zero attached hydrogens (tertiary/aromatic N) is 5. The Morgan fingerprint density at radius 3 is 2.68 bits per heavy atom. The average molecular weight is 305 g/mol. The topological polar surface area (TPSA) is 93.3 Å². The first kappa shape index (κ1) is 15.7. The van der Waals surface area contributed by atoms with Crippen molar-refractivity contribution in [2.24, 2.45) is 7.05 Å². The van der Waals surface area contributed by atoms with Crippen molar-refractivity contribution >= 4 is 11.9 Å². The Hall–Kier alpha value is -2.64. The molecule has 2 rings (SSSR count). The summed E-state index contributed by atoms with van der Waals surface area (Å²) in [6.07, 6.45) is 5.75. The predicted molar refractivity (Wildman–Crippen MR) is 78.5 cm³/mol. The number of hydrogen-bond donors (Lipinski definition) is 1. The van der Waals surface area contributed by atoms with Crippen molar-refractivity contribution in [1.29, 1.82) is 0 Å². The monoisotopic (exact) mass is 305 g/mol. The van der Waals surface area contributed by atoms with Gasteiger partial charge in [0.1, 0.15) is 11.3 Å². The van der Waals surface area contributed by atoms with Crippen LogP contribution in [0.5, 0.6) is 0 Å². The second kappa shape index (κ2) is 6.42. The Labute approximate surface area is 127 Å². The van der Waals surface area contributed by atoms with E-state index in [9.17, 15) is 9.59 Å². The van der Waals surface area contributed by atoms with Crippen molar-refractivity contribution in [2.75, 3.05) is 7.05 Å². The third-order valence-corrected chi connectivity index (χ3v) is 3.28. The number of rotatable bonds is 6. The molecule has 118 valence electrons. The summed E-state index contributed by atoms with van der Waals surface area (Å²) in [7, 11) is 3.17. The minimum Gasteiger partial charge on any atom is -0.478 e. The minimum atomic E-state index is -1.17. The van der Waals surface area contributed by atoms with Crippen LogP contribution >= 0.6 is 0 Å². The quantitative estimate of drug-likeness (QED) is 0.859. The van der Waals surface area contributed by atoms with Gasteiger partial charge in [0.05, 0.1) is 12.4 Å². The molecule has 0 radical (unpaired) electrons. The molecular weight excluding hydrogens is 286 g/mol. The lowest BCUT2D eigenvalue weighted by molar-refractivity contribution is 0.0678. The number of amides is 1. The highest BCUT2D eigenvalue weighted by atomic mass is 16.4. The van der Waals surface area contributed by atoms with Crippen LogP contribution in [0.3, 0.4) is 0 Å². The van der Waals surface area contributed by atoms with Crippen molar-refractivity contribution in [3.05, 3.63) is 35.4 Å². The normalized spacial score (nSPS) is 10.7. The van der Waals surface area contributed by atoms with Crippen LogP contribution < -0.4 is 0 Å². The molecule has 1 N–H and O–H groups in total. The van der Waals surface area contributed by atoms with E-state index in [1.807, 2.05) is 10.9 Å². The van der Waals surface area contributed by atoms with E-state index in [-0.39, 0.29) is 17.2 Å². The van der Waals surface area contributed by atoms with Crippen molar-refractivity contribution in [2.45, 2.75) is 26.4 Å². The van der Waals surface area contributed by atoms with E-state index in [4.69, 9.17) is 5.11 Å². The Morgan fingerprint density at radius 1 is 1.32 bits per heavy atom. The van der Waals surface area contributed by atoms with Crippen molar-refractivity contribution < 1.29 is 14.7 Å². The number of carboxylic acid groups (broad SMARTS) is 1. The summed E-state index contributed by atoms with van der Waals surface area (Å²) in [5, 5.41) is 17.2. The van der Waals surface area contributed by atoms with Gasteiger partial charge in [-0.15, -0.1) is 0 Å². The van der Waals surface area contributed by atoms with Gasteiger partial charge in [-0.25, -0.2) is 4.79 Å². The maximum Gasteiger partial charge on any atom is 0.339 e. The van der Waals surface area contributed by atoms with Crippen LogP contribution in [0.1, 0.15) is 39.8 Å². The molecule has 0 fully saturated rings. The van der Waals surface area contributed by atoms with Gasteiger partial charge >= 0.3 is 5.97 Å². The molecule has 2 aromatic rings. The fourth-order valence-electron chi connectivity index (χ4n) is 2.21. The largest absolute Gasteiger partial charge is 0.478 e. The van der Waals surface area contributed by atoms with Crippen LogP contribution in [0.2, 0.25) is 0 Å². The fraction of sp³-hybridized carbons (Fsp3) is 0.429. The zero-order valence-corrected chi connectivity index (χ0v) is 12.9. The van der Waals surface area contributed by atoms with Crippen LogP contribution in [-0.4, -0.2) is 48.5 Å². The average Bonchev–Trinajstić information content (AvgIpc) is 3.05. The summed E-state index contributed by atoms with van der Waals surface area (Å²) < 4.78 is 3.10. The number of aryl methyl sites for hydroxylation is 2. The Bertz CT molecular complexity index is 688. The standard InChI is InChI=1S/C14H19N5O3/c1-4-5-19-9-10(6-16-19)8-17(2)13(20)12-11(14(21)22)7-15-18(12)3/h6-7,9H,4-5,8H2,1-3H3,(H,21,22). The number of carbonyl (C=O) groups excluding carboxylic acids is 1. The molecule has 0 saturated heterocycles. The summed E-state index contributed by atoms with van der Waals surface area (Å²) in [4.78, 5) is 25.1. The Morgan fingerprint density at radius 2 is 2.05 bits per heavy atom. The molecule has 2 heterocycles. The molecule has 2 aromatic heterocycles. The van der Waals surface area contributed by atoms with Gasteiger partial charge in [-0.05, 0) is 6.42 Å². The molecule has 1 amide bonds. The lowest BCUT2D eigenvalue weighted by Gasteiger charge is -2.16. The number of aromatic carboxylic acids is 1. The molecule has 8 nitrogen and oxygen atoms in total. The fourth-order valence-corrected chi connectivity index (χ4v) is 2.21. The number of carbonyl (C=O) groups is 2. The van der Waals surface area contributed by atoms with Crippen LogP contribution in [0.25, 0.3) is 0 Å². The number of hydrogen-bond acceptors (Lipinski definition) is 4. The Balaban J connectivity index is 2.15. The summed E-state index contributed by atoms with van der Waals surface area (Å²) in [5.41, 5.74) is 0.861. The summed E-state index contributed by atoms with van der Waals surface area (Å²) >= 11 is 0. The van der Waals surface area contributed by atoms with E-state index in [1.54, 1.807) is 20.3 Å². The summed E-state index contributed by atoms with van der Waals surface area (Å²) in [5.74, 6) is -1.55. The van der Waals surface area contributed by atoms with E-state index in [0.717, 1.165) is 18.5 Å². The minimum absolute atomic E-state index is 0.0657. The number of carboxylic acids is 1. The molecular formula is C14H19N5O3. The third-order valence-electron chi connectivity index (χ3n) is 3.28. The first-order valence-corrected chi connectivity index (χ1v) is 6.96. The molecule has 0 aliphatic heterocycles. The van der Waals surface area contributed by atoms with Gasteiger partial charge in [0.2, 0.25) is 0 Å². The highest BCUT2D eigenvalue weighted by Crippen LogP contribution is 2.12. The smallest absolute Gasteiger partial charge is 0.339 e. The van der Waals surface area contributed by atoms with Gasteiger partial charge in [0, 0.05) is 38.9 Å². The van der Waals surface area contributed by atoms with E-state index < -0.39 is 5.97 Å². The molecule has 0 aliphatic rings. The first-order valence-electron chi connectivity index (χ1n) is 6.96. The highest BCUT2D eigenvalue weighted by Gasteiger charge is 2.24. The molecule has 0 bridgehead atoms. The third kappa shape index (κ3) is 3.16. The lowest BCUT2D eigenvalue weighted by atomic mass is 10.2. The van der Waals surface area contributed by atoms with E-state index >= 15 is 0 Å². The van der Waals surface area contributed by atoms with Crippen LogP contribution in [-0.2, 0) is 20.1 Å². The zero-order chi connectivity index (χ0) is 16.3. The van der Waals surface area contributed by atoms with Gasteiger partial charge in [0.25, 0.3) is 5.91 Å². The van der Waals surface area contributed by atoms with E-state index in [0.29, 0.717) is 6.54 Å². The Kier molecular flexibility index (Phi) is 4.59. The van der Waals surface area contributed by atoms with E-state index in [1.165, 1.54) is 15.8 Å². The van der Waals surface area contributed by atoms with Crippen molar-refractivity contribution in [3.63, 3.8) is 0 Å². The molecule has 0 unspecified atom stereocenters. The summed E-state index contributed by atoms with van der Waals surface area (Å²) in [6.45, 7) is 3.24. The van der Waals surface area contributed by atoms with Crippen LogP contribution in [0, 0.1) is 0 Å². The van der Waals surface area contributed by atoms with Gasteiger partial charge in [0.15, 0.2) is 0 Å². The maximum atomic E-state index is 12.5. The summed E-state index contributed by atoms with van der Waals surface area (Å²) in [6, 6.07) is 0. The highest BCUT2D eigenvalue weighted by molar-refractivity contribution is 6.03. The van der Waals surface area contributed by atoms with Gasteiger partial charge in [-0.3, -0.25) is 14.2 Å². The lowest BCUT2D eigenvalue weighted by Crippen LogP contribution is -2.29. The van der Waals surface area contributed by atoms with Gasteiger partial charge in [-0.1, -0.05) is 6.92 Å². The molecule has 0 aliphatic carbocycles. The molecule has 8 heteroatoms. The maximum absolute atomic E-state index is 12.5. The number of aromatic nitrogens is 4. The van der Waals surface area contributed by atoms with Gasteiger partial charge in [-0.2, -0.15) is 10.2 Å². The first-order chi connectivity index (χ1) is 10.4. The molecule has 0 spiro atoms. The molecule has 0 saturated carbocycles. The van der Waals surface area contributed by atoms with Crippen LogP contribution in [0.4, 0.5) is 0 Å². The second-order valence-electron chi connectivity index (χ2n) is 5.11. The molecule has 0 aromatic carbocycles. The van der Waals surface area contributed by atoms with Gasteiger partial charge < -0.3 is 10.0 Å². The predicted octanol–water partition coefficient (Wildman–Crippen LogP) is 0.997. The SMILES string of the molecule is CCCn1cc(CN(C)C(=O)c2c(C(=O)O)cnn2C)cn1.